The van der Waals surface area contributed by atoms with E-state index in [0.29, 0.717) is 6.04 Å². The molecule has 1 saturated heterocycles. The first-order valence-corrected chi connectivity index (χ1v) is 11.9. The van der Waals surface area contributed by atoms with E-state index < -0.39 is 0 Å². The zero-order chi connectivity index (χ0) is 23.7. The van der Waals surface area contributed by atoms with Crippen LogP contribution in [-0.4, -0.2) is 54.0 Å². The number of aryl methyl sites for hydroxylation is 2. The van der Waals surface area contributed by atoms with Gasteiger partial charge in [-0.25, -0.2) is 4.98 Å². The highest BCUT2D eigenvalue weighted by atomic mass is 16.1. The molecule has 4 rings (SSSR count). The van der Waals surface area contributed by atoms with Gasteiger partial charge >= 0.3 is 0 Å². The number of nitrogens with zero attached hydrogens (tertiary/aromatic N) is 8. The Kier molecular flexibility index (Phi) is 6.56. The predicted molar refractivity (Wildman–Crippen MR) is 129 cm³/mol. The van der Waals surface area contributed by atoms with Crippen molar-refractivity contribution in [2.45, 2.75) is 71.8 Å². The lowest BCUT2D eigenvalue weighted by atomic mass is 9.99. The zero-order valence-electron chi connectivity index (χ0n) is 20.3. The lowest BCUT2D eigenvalue weighted by Gasteiger charge is -2.49. The normalized spacial score (nSPS) is 20.3. The molecule has 1 aliphatic heterocycles. The summed E-state index contributed by atoms with van der Waals surface area (Å²) in [6.07, 6.45) is 7.69. The minimum atomic E-state index is -0.0577. The molecule has 1 fully saturated rings. The van der Waals surface area contributed by atoms with Crippen molar-refractivity contribution in [1.29, 1.82) is 5.26 Å². The summed E-state index contributed by atoms with van der Waals surface area (Å²) in [5, 5.41) is 13.8. The van der Waals surface area contributed by atoms with Gasteiger partial charge in [0.15, 0.2) is 0 Å². The lowest BCUT2D eigenvalue weighted by molar-refractivity contribution is 0.0951. The summed E-state index contributed by atoms with van der Waals surface area (Å²) in [7, 11) is 1.76. The van der Waals surface area contributed by atoms with Crippen LogP contribution in [-0.2, 0) is 20.1 Å². The average Bonchev–Trinajstić information content (AvgIpc) is 3.47. The minimum absolute atomic E-state index is 0.0577. The van der Waals surface area contributed by atoms with Gasteiger partial charge in [-0.15, -0.1) is 0 Å². The van der Waals surface area contributed by atoms with Gasteiger partial charge in [0.1, 0.15) is 17.9 Å². The van der Waals surface area contributed by atoms with Crippen LogP contribution in [0, 0.1) is 11.3 Å². The number of hydrogen-bond donors (Lipinski definition) is 0. The minimum Gasteiger partial charge on any atom is -0.364 e. The molecular formula is C24H34N8O. The fourth-order valence-electron chi connectivity index (χ4n) is 5.17. The van der Waals surface area contributed by atoms with Crippen LogP contribution >= 0.6 is 0 Å². The zero-order valence-corrected chi connectivity index (χ0v) is 20.3. The Morgan fingerprint density at radius 2 is 1.97 bits per heavy atom. The fraction of sp³-hybridized carbons (Fsp3) is 0.583. The molecule has 0 bridgehead atoms. The van der Waals surface area contributed by atoms with E-state index >= 15 is 0 Å². The first kappa shape index (κ1) is 23.1. The van der Waals surface area contributed by atoms with Crippen molar-refractivity contribution in [2.24, 2.45) is 7.05 Å². The number of hydrogen-bond acceptors (Lipinski definition) is 6. The Morgan fingerprint density at radius 1 is 1.21 bits per heavy atom. The molecule has 4 heterocycles. The van der Waals surface area contributed by atoms with Gasteiger partial charge in [0.05, 0.1) is 29.5 Å². The highest BCUT2D eigenvalue weighted by molar-refractivity contribution is 5.88. The molecule has 1 unspecified atom stereocenters. The molecule has 0 saturated carbocycles. The molecule has 0 spiro atoms. The van der Waals surface area contributed by atoms with Crippen LogP contribution < -0.4 is 10.5 Å². The summed E-state index contributed by atoms with van der Waals surface area (Å²) in [4.78, 5) is 22.4. The SMILES string of the molecule is CC[C@H]1CN(C(C)c2nccn2CC)[C@H](CC)CN1c1cc(=O)n(C)c2cn(CC#N)nc12. The van der Waals surface area contributed by atoms with Crippen LogP contribution in [0.15, 0.2) is 29.5 Å². The van der Waals surface area contributed by atoms with Gasteiger partial charge in [-0.2, -0.15) is 10.4 Å². The number of pyridine rings is 1. The van der Waals surface area contributed by atoms with Gasteiger partial charge in [0.25, 0.3) is 5.56 Å². The van der Waals surface area contributed by atoms with Crippen molar-refractivity contribution in [2.75, 3.05) is 18.0 Å². The lowest BCUT2D eigenvalue weighted by Crippen LogP contribution is -2.59. The van der Waals surface area contributed by atoms with Crippen LogP contribution in [0.2, 0.25) is 0 Å². The predicted octanol–water partition coefficient (Wildman–Crippen LogP) is 2.92. The Labute approximate surface area is 194 Å². The highest BCUT2D eigenvalue weighted by Crippen LogP contribution is 2.34. The van der Waals surface area contributed by atoms with E-state index in [0.717, 1.165) is 55.0 Å². The average molecular weight is 451 g/mol. The molecule has 9 heteroatoms. The van der Waals surface area contributed by atoms with Crippen molar-refractivity contribution in [3.8, 4) is 6.07 Å². The molecule has 176 valence electrons. The second-order valence-electron chi connectivity index (χ2n) is 8.87. The second-order valence-corrected chi connectivity index (χ2v) is 8.87. The smallest absolute Gasteiger partial charge is 0.252 e. The summed E-state index contributed by atoms with van der Waals surface area (Å²) >= 11 is 0. The van der Waals surface area contributed by atoms with Crippen molar-refractivity contribution < 1.29 is 0 Å². The maximum absolute atomic E-state index is 12.8. The first-order chi connectivity index (χ1) is 15.9. The first-order valence-electron chi connectivity index (χ1n) is 11.9. The number of aromatic nitrogens is 5. The van der Waals surface area contributed by atoms with Crippen LogP contribution in [0.4, 0.5) is 5.69 Å². The third-order valence-electron chi connectivity index (χ3n) is 7.12. The van der Waals surface area contributed by atoms with E-state index in [9.17, 15) is 4.79 Å². The van der Waals surface area contributed by atoms with Crippen molar-refractivity contribution in [3.05, 3.63) is 40.8 Å². The number of piperazine rings is 1. The van der Waals surface area contributed by atoms with E-state index in [-0.39, 0.29) is 24.2 Å². The largest absolute Gasteiger partial charge is 0.364 e. The van der Waals surface area contributed by atoms with E-state index in [1.807, 2.05) is 12.4 Å². The Morgan fingerprint density at radius 3 is 2.64 bits per heavy atom. The Balaban J connectivity index is 1.73. The Bertz CT molecular complexity index is 1220. The van der Waals surface area contributed by atoms with E-state index in [1.54, 1.807) is 28.6 Å². The van der Waals surface area contributed by atoms with Crippen LogP contribution in [0.25, 0.3) is 11.0 Å². The summed E-state index contributed by atoms with van der Waals surface area (Å²) in [5.41, 5.74) is 2.36. The van der Waals surface area contributed by atoms with Gasteiger partial charge in [0.2, 0.25) is 0 Å². The molecule has 0 radical (unpaired) electrons. The van der Waals surface area contributed by atoms with E-state index in [4.69, 9.17) is 5.26 Å². The summed E-state index contributed by atoms with van der Waals surface area (Å²) in [6, 6.07) is 4.63. The monoisotopic (exact) mass is 450 g/mol. The topological polar surface area (TPSA) is 87.9 Å². The second kappa shape index (κ2) is 9.40. The van der Waals surface area contributed by atoms with Crippen LogP contribution in [0.3, 0.4) is 0 Å². The van der Waals surface area contributed by atoms with Gasteiger partial charge in [-0.1, -0.05) is 13.8 Å². The van der Waals surface area contributed by atoms with Gasteiger partial charge in [-0.3, -0.25) is 14.4 Å². The molecule has 33 heavy (non-hydrogen) atoms. The number of nitriles is 1. The molecule has 0 aliphatic carbocycles. The van der Waals surface area contributed by atoms with E-state index in [1.165, 1.54) is 0 Å². The third-order valence-corrected chi connectivity index (χ3v) is 7.12. The third kappa shape index (κ3) is 4.04. The quantitative estimate of drug-likeness (QED) is 0.550. The molecular weight excluding hydrogens is 416 g/mol. The molecule has 0 aromatic carbocycles. The van der Waals surface area contributed by atoms with E-state index in [2.05, 4.69) is 58.2 Å². The highest BCUT2D eigenvalue weighted by Gasteiger charge is 2.37. The Hall–Kier alpha value is -3.12. The van der Waals surface area contributed by atoms with Gasteiger partial charge in [0, 0.05) is 57.2 Å². The molecule has 9 nitrogen and oxygen atoms in total. The van der Waals surface area contributed by atoms with Gasteiger partial charge < -0.3 is 14.0 Å². The summed E-state index contributed by atoms with van der Waals surface area (Å²) < 4.78 is 5.45. The van der Waals surface area contributed by atoms with Crippen LogP contribution in [0.5, 0.6) is 0 Å². The molecule has 3 atom stereocenters. The van der Waals surface area contributed by atoms with Crippen molar-refractivity contribution in [3.63, 3.8) is 0 Å². The fourth-order valence-corrected chi connectivity index (χ4v) is 5.17. The molecule has 0 amide bonds. The number of anilines is 1. The maximum atomic E-state index is 12.8. The standard InChI is InChI=1S/C24H34N8O/c1-6-18-15-32(19(7-2)14-31(18)17(4)24-26-10-12-29(24)8-3)20-13-22(33)28(5)21-16-30(11-9-25)27-23(20)21/h10,12-13,16-19H,6-8,11,14-15H2,1-5H3/t17?,18-,19+/m1/s1. The molecule has 0 N–H and O–H groups in total. The number of fused-ring (bicyclic) bond motifs is 1. The number of imidazole rings is 1. The van der Waals surface area contributed by atoms with Crippen molar-refractivity contribution in [1.82, 2.24) is 28.8 Å². The van der Waals surface area contributed by atoms with Crippen LogP contribution in [0.1, 0.15) is 52.4 Å². The molecule has 3 aromatic heterocycles. The van der Waals surface area contributed by atoms with Crippen molar-refractivity contribution >= 4 is 16.7 Å². The molecule has 3 aromatic rings. The summed E-state index contributed by atoms with van der Waals surface area (Å²) in [6.45, 7) is 11.6. The van der Waals surface area contributed by atoms with Gasteiger partial charge in [-0.05, 0) is 26.7 Å². The molecule has 1 aliphatic rings. The number of rotatable bonds is 7. The summed E-state index contributed by atoms with van der Waals surface area (Å²) in [5.74, 6) is 1.10. The maximum Gasteiger partial charge on any atom is 0.252 e.